The Bertz CT molecular complexity index is 956. The smallest absolute Gasteiger partial charge is 0.254 e. The molecule has 2 aromatic carbocycles. The number of amides is 1. The maximum Gasteiger partial charge on any atom is 0.254 e. The highest BCUT2D eigenvalue weighted by atomic mass is 35.5. The Hall–Kier alpha value is -3.25. The van der Waals surface area contributed by atoms with Gasteiger partial charge in [0.15, 0.2) is 5.78 Å². The van der Waals surface area contributed by atoms with E-state index in [2.05, 4.69) is 20.6 Å². The van der Waals surface area contributed by atoms with Gasteiger partial charge in [-0.25, -0.2) is 9.97 Å². The molecule has 3 aromatic rings. The van der Waals surface area contributed by atoms with E-state index >= 15 is 0 Å². The van der Waals surface area contributed by atoms with Gasteiger partial charge in [0, 0.05) is 35.2 Å². The molecule has 0 bridgehead atoms. The normalized spacial score (nSPS) is 10.3. The van der Waals surface area contributed by atoms with Crippen molar-refractivity contribution in [2.24, 2.45) is 0 Å². The lowest BCUT2D eigenvalue weighted by atomic mass is 10.1. The Balaban J connectivity index is 1.61. The molecule has 136 valence electrons. The molecule has 0 spiro atoms. The first kappa shape index (κ1) is 18.5. The molecule has 0 aliphatic rings. The molecule has 27 heavy (non-hydrogen) atoms. The summed E-state index contributed by atoms with van der Waals surface area (Å²) in [4.78, 5) is 31.9. The summed E-state index contributed by atoms with van der Waals surface area (Å²) in [6, 6.07) is 14.3. The minimum atomic E-state index is -0.268. The zero-order valence-corrected chi connectivity index (χ0v) is 15.3. The van der Waals surface area contributed by atoms with Gasteiger partial charge in [-0.3, -0.25) is 9.59 Å². The number of benzene rings is 2. The van der Waals surface area contributed by atoms with E-state index in [4.69, 9.17) is 11.6 Å². The number of rotatable bonds is 6. The van der Waals surface area contributed by atoms with Gasteiger partial charge in [0.25, 0.3) is 5.91 Å². The lowest BCUT2D eigenvalue weighted by Gasteiger charge is -2.08. The first-order chi connectivity index (χ1) is 13.0. The van der Waals surface area contributed by atoms with Crippen molar-refractivity contribution < 1.29 is 9.59 Å². The van der Waals surface area contributed by atoms with Gasteiger partial charge in [-0.1, -0.05) is 35.9 Å². The number of carbonyl (C=O) groups excluding carboxylic acids is 2. The van der Waals surface area contributed by atoms with Crippen molar-refractivity contribution in [1.29, 1.82) is 0 Å². The minimum absolute atomic E-state index is 0.0210. The fourth-order valence-electron chi connectivity index (χ4n) is 2.34. The zero-order valence-electron chi connectivity index (χ0n) is 14.6. The average Bonchev–Trinajstić information content (AvgIpc) is 2.68. The molecule has 3 rings (SSSR count). The first-order valence-corrected chi connectivity index (χ1v) is 8.62. The molecule has 0 aliphatic heterocycles. The highest BCUT2D eigenvalue weighted by Crippen LogP contribution is 2.15. The molecule has 0 fully saturated rings. The topological polar surface area (TPSA) is 84.0 Å². The summed E-state index contributed by atoms with van der Waals surface area (Å²) in [6.45, 7) is 1.89. The van der Waals surface area contributed by atoms with E-state index in [0.717, 1.165) is 5.56 Å². The van der Waals surface area contributed by atoms with E-state index in [9.17, 15) is 9.59 Å². The number of halogens is 1. The van der Waals surface area contributed by atoms with Gasteiger partial charge >= 0.3 is 0 Å². The van der Waals surface area contributed by atoms with E-state index in [0.29, 0.717) is 34.3 Å². The number of nitrogens with zero attached hydrogens (tertiary/aromatic N) is 2. The van der Waals surface area contributed by atoms with Crippen LogP contribution in [0.15, 0.2) is 60.9 Å². The van der Waals surface area contributed by atoms with Crippen molar-refractivity contribution in [3.05, 3.63) is 82.6 Å². The molecule has 0 saturated heterocycles. The van der Waals surface area contributed by atoms with Crippen LogP contribution in [0.2, 0.25) is 5.02 Å². The van der Waals surface area contributed by atoms with E-state index in [1.807, 2.05) is 18.2 Å². The summed E-state index contributed by atoms with van der Waals surface area (Å²) in [6.07, 6.45) is 2.89. The number of hydrogen-bond acceptors (Lipinski definition) is 5. The molecule has 0 unspecified atom stereocenters. The number of hydrogen-bond donors (Lipinski definition) is 2. The lowest BCUT2D eigenvalue weighted by molar-refractivity contribution is 0.0949. The Morgan fingerprint density at radius 2 is 1.70 bits per heavy atom. The minimum Gasteiger partial charge on any atom is -0.348 e. The van der Waals surface area contributed by atoms with Crippen LogP contribution in [0.4, 0.5) is 11.6 Å². The van der Waals surface area contributed by atoms with Crippen LogP contribution < -0.4 is 10.6 Å². The van der Waals surface area contributed by atoms with Crippen molar-refractivity contribution >= 4 is 34.9 Å². The van der Waals surface area contributed by atoms with Gasteiger partial charge < -0.3 is 10.6 Å². The maximum atomic E-state index is 12.2. The lowest BCUT2D eigenvalue weighted by Crippen LogP contribution is -2.23. The summed E-state index contributed by atoms with van der Waals surface area (Å²) in [5.41, 5.74) is 2.59. The van der Waals surface area contributed by atoms with Crippen molar-refractivity contribution in [2.75, 3.05) is 5.32 Å². The number of nitrogens with one attached hydrogen (secondary N) is 2. The van der Waals surface area contributed by atoms with Gasteiger partial charge in [0.2, 0.25) is 5.95 Å². The van der Waals surface area contributed by atoms with Gasteiger partial charge in [0.05, 0.1) is 5.56 Å². The fourth-order valence-corrected chi connectivity index (χ4v) is 2.47. The highest BCUT2D eigenvalue weighted by Gasteiger charge is 2.08. The molecule has 6 nitrogen and oxygen atoms in total. The molecule has 1 amide bonds. The molecule has 2 N–H and O–H groups in total. The average molecular weight is 381 g/mol. The van der Waals surface area contributed by atoms with Gasteiger partial charge in [0.1, 0.15) is 0 Å². The van der Waals surface area contributed by atoms with E-state index in [-0.39, 0.29) is 11.7 Å². The molecule has 0 radical (unpaired) electrons. The Labute approximate surface area is 161 Å². The van der Waals surface area contributed by atoms with E-state index in [1.165, 1.54) is 19.3 Å². The third-order valence-electron chi connectivity index (χ3n) is 3.81. The summed E-state index contributed by atoms with van der Waals surface area (Å²) < 4.78 is 0. The number of anilines is 2. The first-order valence-electron chi connectivity index (χ1n) is 8.24. The summed E-state index contributed by atoms with van der Waals surface area (Å²) in [5.74, 6) is 0.0484. The molecular formula is C20H17ClN4O2. The standard InChI is InChI=1S/C20H17ClN4O2/c1-13(26)15-3-2-4-18(9-15)25-20-23-11-16(12-24-20)19(27)22-10-14-5-7-17(21)8-6-14/h2-9,11-12H,10H2,1H3,(H,22,27)(H,23,24,25). The zero-order chi connectivity index (χ0) is 19.2. The fraction of sp³-hybridized carbons (Fsp3) is 0.100. The van der Waals surface area contributed by atoms with Crippen LogP contribution in [0.3, 0.4) is 0 Å². The molecular weight excluding hydrogens is 364 g/mol. The second-order valence-corrected chi connectivity index (χ2v) is 6.30. The van der Waals surface area contributed by atoms with Crippen LogP contribution in [0.5, 0.6) is 0 Å². The summed E-state index contributed by atoms with van der Waals surface area (Å²) in [5, 5.41) is 6.46. The van der Waals surface area contributed by atoms with Gasteiger partial charge in [-0.2, -0.15) is 0 Å². The molecule has 0 saturated carbocycles. The van der Waals surface area contributed by atoms with Gasteiger partial charge in [-0.15, -0.1) is 0 Å². The highest BCUT2D eigenvalue weighted by molar-refractivity contribution is 6.30. The van der Waals surface area contributed by atoms with Crippen molar-refractivity contribution in [3.63, 3.8) is 0 Å². The predicted octanol–water partition coefficient (Wildman–Crippen LogP) is 4.01. The molecule has 1 aromatic heterocycles. The third-order valence-corrected chi connectivity index (χ3v) is 4.06. The summed E-state index contributed by atoms with van der Waals surface area (Å²) in [7, 11) is 0. The van der Waals surface area contributed by atoms with E-state index in [1.54, 1.807) is 30.3 Å². The largest absolute Gasteiger partial charge is 0.348 e. The third kappa shape index (κ3) is 5.12. The number of aromatic nitrogens is 2. The predicted molar refractivity (Wildman–Crippen MR) is 104 cm³/mol. The van der Waals surface area contributed by atoms with Crippen molar-refractivity contribution in [2.45, 2.75) is 13.5 Å². The summed E-state index contributed by atoms with van der Waals surface area (Å²) >= 11 is 5.84. The molecule has 0 aliphatic carbocycles. The second-order valence-electron chi connectivity index (χ2n) is 5.87. The van der Waals surface area contributed by atoms with Gasteiger partial charge in [-0.05, 0) is 36.8 Å². The van der Waals surface area contributed by atoms with Crippen LogP contribution in [0.25, 0.3) is 0 Å². The molecule has 1 heterocycles. The molecule has 0 atom stereocenters. The monoisotopic (exact) mass is 380 g/mol. The van der Waals surface area contributed by atoms with E-state index < -0.39 is 0 Å². The maximum absolute atomic E-state index is 12.2. The van der Waals surface area contributed by atoms with Crippen LogP contribution in [-0.4, -0.2) is 21.7 Å². The van der Waals surface area contributed by atoms with Crippen LogP contribution in [0.1, 0.15) is 33.2 Å². The van der Waals surface area contributed by atoms with Crippen LogP contribution in [-0.2, 0) is 6.54 Å². The molecule has 7 heteroatoms. The Morgan fingerprint density at radius 1 is 1.00 bits per heavy atom. The number of Topliss-reactive ketones (excluding diaryl/α,β-unsaturated/α-hetero) is 1. The second kappa shape index (κ2) is 8.42. The number of ketones is 1. The van der Waals surface area contributed by atoms with Crippen molar-refractivity contribution in [3.8, 4) is 0 Å². The Kier molecular flexibility index (Phi) is 5.78. The van der Waals surface area contributed by atoms with Crippen molar-refractivity contribution in [1.82, 2.24) is 15.3 Å². The number of carbonyl (C=O) groups is 2. The van der Waals surface area contributed by atoms with Crippen LogP contribution in [0, 0.1) is 0 Å². The van der Waals surface area contributed by atoms with Crippen LogP contribution >= 0.6 is 11.6 Å². The Morgan fingerprint density at radius 3 is 2.37 bits per heavy atom. The quantitative estimate of drug-likeness (QED) is 0.631. The SMILES string of the molecule is CC(=O)c1cccc(Nc2ncc(C(=O)NCc3ccc(Cl)cc3)cn2)c1.